The lowest BCUT2D eigenvalue weighted by atomic mass is 10.2. The first-order valence-electron chi connectivity index (χ1n) is 8.28. The van der Waals surface area contributed by atoms with Gasteiger partial charge in [-0.25, -0.2) is 13.8 Å². The van der Waals surface area contributed by atoms with Crippen molar-refractivity contribution in [3.63, 3.8) is 0 Å². The molecule has 0 aliphatic heterocycles. The Balaban J connectivity index is 1.74. The normalized spacial score (nSPS) is 10.3. The van der Waals surface area contributed by atoms with Crippen LogP contribution in [-0.2, 0) is 0 Å². The fraction of sp³-hybridized carbons (Fsp3) is 0.100. The number of nitrogens with zero attached hydrogens (tertiary/aromatic N) is 1. The molecule has 7 heteroatoms. The van der Waals surface area contributed by atoms with E-state index in [0.29, 0.717) is 12.4 Å². The lowest BCUT2D eigenvalue weighted by molar-refractivity contribution is 0.102. The van der Waals surface area contributed by atoms with Gasteiger partial charge >= 0.3 is 0 Å². The molecule has 1 amide bonds. The van der Waals surface area contributed by atoms with Gasteiger partial charge in [0.25, 0.3) is 5.91 Å². The first-order valence-corrected chi connectivity index (χ1v) is 8.28. The molecule has 5 nitrogen and oxygen atoms in total. The van der Waals surface area contributed by atoms with Gasteiger partial charge in [-0.3, -0.25) is 4.79 Å². The third kappa shape index (κ3) is 4.58. The van der Waals surface area contributed by atoms with Gasteiger partial charge in [0.15, 0.2) is 0 Å². The standard InChI is InChI=1S/C20H17F2N3O2/c1-2-27-15-8-6-14(7-9-15)24-18-12-13(10-11-23-18)20(26)25-19-16(21)4-3-5-17(19)22/h3-12H,2H2,1H3,(H,23,24)(H,25,26). The van der Waals surface area contributed by atoms with E-state index in [1.54, 1.807) is 0 Å². The molecule has 3 aromatic rings. The van der Waals surface area contributed by atoms with Crippen molar-refractivity contribution in [3.05, 3.63) is 78.0 Å². The number of nitrogens with one attached hydrogen (secondary N) is 2. The first-order chi connectivity index (χ1) is 13.1. The molecule has 1 heterocycles. The van der Waals surface area contributed by atoms with Gasteiger partial charge in [-0.2, -0.15) is 0 Å². The molecule has 138 valence electrons. The van der Waals surface area contributed by atoms with Crippen molar-refractivity contribution < 1.29 is 18.3 Å². The molecular formula is C20H17F2N3O2. The number of ether oxygens (including phenoxy) is 1. The van der Waals surface area contributed by atoms with E-state index in [2.05, 4.69) is 15.6 Å². The highest BCUT2D eigenvalue weighted by Crippen LogP contribution is 2.21. The van der Waals surface area contributed by atoms with Crippen molar-refractivity contribution in [1.82, 2.24) is 4.98 Å². The summed E-state index contributed by atoms with van der Waals surface area (Å²) in [5.74, 6) is -1.16. The molecule has 0 saturated carbocycles. The van der Waals surface area contributed by atoms with E-state index in [0.717, 1.165) is 23.6 Å². The van der Waals surface area contributed by atoms with Crippen LogP contribution in [0, 0.1) is 11.6 Å². The predicted molar refractivity (Wildman–Crippen MR) is 99.4 cm³/mol. The number of hydrogen-bond acceptors (Lipinski definition) is 4. The van der Waals surface area contributed by atoms with E-state index in [9.17, 15) is 13.6 Å². The Morgan fingerprint density at radius 1 is 1.07 bits per heavy atom. The Kier molecular flexibility index (Phi) is 5.61. The zero-order valence-electron chi connectivity index (χ0n) is 14.5. The van der Waals surface area contributed by atoms with Gasteiger partial charge in [-0.1, -0.05) is 6.07 Å². The number of rotatable bonds is 6. The number of para-hydroxylation sites is 1. The summed E-state index contributed by atoms with van der Waals surface area (Å²) < 4.78 is 32.8. The van der Waals surface area contributed by atoms with Crippen LogP contribution in [0.1, 0.15) is 17.3 Å². The largest absolute Gasteiger partial charge is 0.494 e. The summed E-state index contributed by atoms with van der Waals surface area (Å²) in [6.45, 7) is 2.48. The van der Waals surface area contributed by atoms with Crippen LogP contribution in [0.5, 0.6) is 5.75 Å². The number of pyridine rings is 1. The quantitative estimate of drug-likeness (QED) is 0.658. The topological polar surface area (TPSA) is 63.2 Å². The summed E-state index contributed by atoms with van der Waals surface area (Å²) in [6, 6.07) is 13.6. The molecule has 3 rings (SSSR count). The summed E-state index contributed by atoms with van der Waals surface area (Å²) >= 11 is 0. The average molecular weight is 369 g/mol. The number of amides is 1. The van der Waals surface area contributed by atoms with E-state index in [4.69, 9.17) is 4.74 Å². The zero-order chi connectivity index (χ0) is 19.2. The molecule has 0 fully saturated rings. The summed E-state index contributed by atoms with van der Waals surface area (Å²) in [5.41, 5.74) is 0.477. The monoisotopic (exact) mass is 369 g/mol. The summed E-state index contributed by atoms with van der Waals surface area (Å²) in [5, 5.41) is 5.31. The highest BCUT2D eigenvalue weighted by molar-refractivity contribution is 6.04. The molecule has 27 heavy (non-hydrogen) atoms. The molecule has 0 atom stereocenters. The van der Waals surface area contributed by atoms with Gasteiger partial charge in [-0.05, 0) is 55.5 Å². The SMILES string of the molecule is CCOc1ccc(Nc2cc(C(=O)Nc3c(F)cccc3F)ccn2)cc1. The molecule has 0 unspecified atom stereocenters. The number of benzene rings is 2. The van der Waals surface area contributed by atoms with E-state index >= 15 is 0 Å². The fourth-order valence-electron chi connectivity index (χ4n) is 2.39. The van der Waals surface area contributed by atoms with Crippen molar-refractivity contribution in [2.24, 2.45) is 0 Å². The van der Waals surface area contributed by atoms with Crippen LogP contribution in [-0.4, -0.2) is 17.5 Å². The van der Waals surface area contributed by atoms with Crippen LogP contribution < -0.4 is 15.4 Å². The molecule has 0 aliphatic carbocycles. The second-order valence-corrected chi connectivity index (χ2v) is 5.56. The van der Waals surface area contributed by atoms with Crippen molar-refractivity contribution in [2.75, 3.05) is 17.2 Å². The summed E-state index contributed by atoms with van der Waals surface area (Å²) in [6.07, 6.45) is 1.43. The molecule has 0 aliphatic rings. The molecule has 0 bridgehead atoms. The number of anilines is 3. The van der Waals surface area contributed by atoms with E-state index < -0.39 is 23.2 Å². The Morgan fingerprint density at radius 2 is 1.78 bits per heavy atom. The van der Waals surface area contributed by atoms with Gasteiger partial charge < -0.3 is 15.4 Å². The smallest absolute Gasteiger partial charge is 0.256 e. The maximum Gasteiger partial charge on any atom is 0.256 e. The lowest BCUT2D eigenvalue weighted by Gasteiger charge is -2.10. The second-order valence-electron chi connectivity index (χ2n) is 5.56. The Morgan fingerprint density at radius 3 is 2.44 bits per heavy atom. The van der Waals surface area contributed by atoms with Crippen molar-refractivity contribution in [1.29, 1.82) is 0 Å². The second kappa shape index (κ2) is 8.27. The minimum Gasteiger partial charge on any atom is -0.494 e. The minimum atomic E-state index is -0.842. The van der Waals surface area contributed by atoms with Crippen LogP contribution in [0.2, 0.25) is 0 Å². The minimum absolute atomic E-state index is 0.209. The molecule has 0 saturated heterocycles. The number of hydrogen-bond donors (Lipinski definition) is 2. The van der Waals surface area contributed by atoms with Gasteiger partial charge in [0.2, 0.25) is 0 Å². The number of aromatic nitrogens is 1. The predicted octanol–water partition coefficient (Wildman–Crippen LogP) is 4.75. The first kappa shape index (κ1) is 18.3. The average Bonchev–Trinajstić information content (AvgIpc) is 2.67. The zero-order valence-corrected chi connectivity index (χ0v) is 14.5. The highest BCUT2D eigenvalue weighted by Gasteiger charge is 2.14. The number of carbonyl (C=O) groups is 1. The molecule has 1 aromatic heterocycles. The molecule has 2 N–H and O–H groups in total. The molecular weight excluding hydrogens is 352 g/mol. The third-order valence-electron chi connectivity index (χ3n) is 3.66. The van der Waals surface area contributed by atoms with E-state index in [-0.39, 0.29) is 5.56 Å². The maximum absolute atomic E-state index is 13.7. The third-order valence-corrected chi connectivity index (χ3v) is 3.66. The van der Waals surface area contributed by atoms with E-state index in [1.807, 2.05) is 31.2 Å². The van der Waals surface area contributed by atoms with Crippen LogP contribution in [0.3, 0.4) is 0 Å². The van der Waals surface area contributed by atoms with Crippen molar-refractivity contribution >= 4 is 23.1 Å². The van der Waals surface area contributed by atoms with Crippen molar-refractivity contribution in [3.8, 4) is 5.75 Å². The lowest BCUT2D eigenvalue weighted by Crippen LogP contribution is -2.14. The van der Waals surface area contributed by atoms with Gasteiger partial charge in [0.05, 0.1) is 6.61 Å². The van der Waals surface area contributed by atoms with Gasteiger partial charge in [-0.15, -0.1) is 0 Å². The van der Waals surface area contributed by atoms with Crippen molar-refractivity contribution in [2.45, 2.75) is 6.92 Å². The van der Waals surface area contributed by atoms with Crippen LogP contribution in [0.4, 0.5) is 26.0 Å². The summed E-state index contributed by atoms with van der Waals surface area (Å²) in [4.78, 5) is 16.5. The molecule has 2 aromatic carbocycles. The van der Waals surface area contributed by atoms with Crippen LogP contribution in [0.15, 0.2) is 60.8 Å². The molecule has 0 spiro atoms. The van der Waals surface area contributed by atoms with Crippen LogP contribution >= 0.6 is 0 Å². The molecule has 0 radical (unpaired) electrons. The Hall–Kier alpha value is -3.48. The Bertz CT molecular complexity index is 926. The summed E-state index contributed by atoms with van der Waals surface area (Å²) in [7, 11) is 0. The van der Waals surface area contributed by atoms with Gasteiger partial charge in [0, 0.05) is 17.4 Å². The highest BCUT2D eigenvalue weighted by atomic mass is 19.1. The Labute approximate surface area is 155 Å². The van der Waals surface area contributed by atoms with Gasteiger partial charge in [0.1, 0.15) is 28.9 Å². The number of carbonyl (C=O) groups excluding carboxylic acids is 1. The van der Waals surface area contributed by atoms with E-state index in [1.165, 1.54) is 24.4 Å². The number of halogens is 2. The fourth-order valence-corrected chi connectivity index (χ4v) is 2.39. The van der Waals surface area contributed by atoms with Crippen LogP contribution in [0.25, 0.3) is 0 Å². The maximum atomic E-state index is 13.7.